The molecule has 1 aliphatic heterocycles. The Morgan fingerprint density at radius 1 is 1.26 bits per heavy atom. The first-order chi connectivity index (χ1) is 11.3. The van der Waals surface area contributed by atoms with Crippen molar-refractivity contribution >= 4 is 23.0 Å². The van der Waals surface area contributed by atoms with Crippen LogP contribution in [0.3, 0.4) is 0 Å². The third-order valence-electron chi connectivity index (χ3n) is 3.93. The van der Waals surface area contributed by atoms with Gasteiger partial charge in [-0.3, -0.25) is 5.43 Å². The van der Waals surface area contributed by atoms with E-state index < -0.39 is 0 Å². The number of hydrogen-bond donors (Lipinski definition) is 3. The molecule has 0 saturated carbocycles. The minimum atomic E-state index is 0.587. The number of rotatable bonds is 7. The average molecular weight is 335 g/mol. The standard InChI is InChI=1S/C17H26N4OS/c1-2-16(15-7-4-3-5-8-15)19-20-17(23)18-9-6-10-21-11-13-22-14-12-21/h3-5,7-8H,2,6,9-14H2,1H3,(H2,18,20,23)/p+1/b19-16-. The summed E-state index contributed by atoms with van der Waals surface area (Å²) < 4.78 is 5.36. The minimum absolute atomic E-state index is 0.587. The van der Waals surface area contributed by atoms with Gasteiger partial charge in [0, 0.05) is 13.0 Å². The van der Waals surface area contributed by atoms with Crippen LogP contribution in [-0.4, -0.2) is 50.2 Å². The van der Waals surface area contributed by atoms with E-state index in [0.717, 1.165) is 63.5 Å². The minimum Gasteiger partial charge on any atom is -0.370 e. The molecule has 1 fully saturated rings. The smallest absolute Gasteiger partial charge is 0.186 e. The molecule has 0 aliphatic carbocycles. The lowest BCUT2D eigenvalue weighted by Crippen LogP contribution is -3.14. The molecule has 0 unspecified atom stereocenters. The normalized spacial score (nSPS) is 16.1. The van der Waals surface area contributed by atoms with Gasteiger partial charge in [-0.25, -0.2) is 0 Å². The van der Waals surface area contributed by atoms with Crippen LogP contribution < -0.4 is 15.6 Å². The lowest BCUT2D eigenvalue weighted by molar-refractivity contribution is -0.908. The number of benzene rings is 1. The van der Waals surface area contributed by atoms with Crippen LogP contribution in [0.15, 0.2) is 35.4 Å². The summed E-state index contributed by atoms with van der Waals surface area (Å²) in [6, 6.07) is 10.2. The van der Waals surface area contributed by atoms with Crippen molar-refractivity contribution in [2.45, 2.75) is 19.8 Å². The van der Waals surface area contributed by atoms with Crippen molar-refractivity contribution in [3.8, 4) is 0 Å². The van der Waals surface area contributed by atoms with Crippen molar-refractivity contribution in [3.05, 3.63) is 35.9 Å². The van der Waals surface area contributed by atoms with Gasteiger partial charge in [0.05, 0.1) is 25.5 Å². The zero-order valence-corrected chi connectivity index (χ0v) is 14.6. The summed E-state index contributed by atoms with van der Waals surface area (Å²) in [4.78, 5) is 1.62. The highest BCUT2D eigenvalue weighted by atomic mass is 32.1. The second-order valence-corrected chi connectivity index (χ2v) is 6.02. The molecule has 0 aromatic heterocycles. The number of ether oxygens (including phenoxy) is 1. The summed E-state index contributed by atoms with van der Waals surface area (Å²) in [6.45, 7) is 8.13. The first-order valence-electron chi connectivity index (χ1n) is 8.36. The van der Waals surface area contributed by atoms with Crippen molar-refractivity contribution < 1.29 is 9.64 Å². The fraction of sp³-hybridized carbons (Fsp3) is 0.529. The maximum Gasteiger partial charge on any atom is 0.186 e. The molecule has 23 heavy (non-hydrogen) atoms. The van der Waals surface area contributed by atoms with Crippen LogP contribution >= 0.6 is 12.2 Å². The van der Waals surface area contributed by atoms with E-state index in [1.54, 1.807) is 4.90 Å². The van der Waals surface area contributed by atoms with E-state index in [9.17, 15) is 0 Å². The third kappa shape index (κ3) is 6.64. The lowest BCUT2D eigenvalue weighted by atomic mass is 10.1. The van der Waals surface area contributed by atoms with Crippen molar-refractivity contribution in [2.75, 3.05) is 39.4 Å². The Morgan fingerprint density at radius 3 is 2.70 bits per heavy atom. The molecule has 1 aromatic carbocycles. The Kier molecular flexibility index (Phi) is 8.00. The molecule has 1 aliphatic rings. The van der Waals surface area contributed by atoms with Crippen LogP contribution in [0, 0.1) is 0 Å². The number of nitrogens with one attached hydrogen (secondary N) is 3. The maximum absolute atomic E-state index is 5.36. The molecule has 3 N–H and O–H groups in total. The van der Waals surface area contributed by atoms with E-state index >= 15 is 0 Å². The fourth-order valence-electron chi connectivity index (χ4n) is 2.59. The monoisotopic (exact) mass is 335 g/mol. The number of quaternary nitrogens is 1. The van der Waals surface area contributed by atoms with Gasteiger partial charge >= 0.3 is 0 Å². The molecule has 0 atom stereocenters. The highest BCUT2D eigenvalue weighted by molar-refractivity contribution is 7.80. The fourth-order valence-corrected chi connectivity index (χ4v) is 2.73. The molecule has 0 radical (unpaired) electrons. The van der Waals surface area contributed by atoms with Gasteiger partial charge in [-0.15, -0.1) is 0 Å². The van der Waals surface area contributed by atoms with Gasteiger partial charge in [0.2, 0.25) is 0 Å². The van der Waals surface area contributed by atoms with Gasteiger partial charge in [0.25, 0.3) is 0 Å². The molecule has 0 bridgehead atoms. The van der Waals surface area contributed by atoms with Crippen LogP contribution in [0.1, 0.15) is 25.3 Å². The number of nitrogens with zero attached hydrogens (tertiary/aromatic N) is 1. The van der Waals surface area contributed by atoms with E-state index in [4.69, 9.17) is 17.0 Å². The van der Waals surface area contributed by atoms with Crippen LogP contribution in [0.2, 0.25) is 0 Å². The zero-order valence-electron chi connectivity index (χ0n) is 13.8. The summed E-state index contributed by atoms with van der Waals surface area (Å²) in [5.41, 5.74) is 5.09. The highest BCUT2D eigenvalue weighted by Gasteiger charge is 2.12. The van der Waals surface area contributed by atoms with E-state index in [2.05, 4.69) is 34.9 Å². The van der Waals surface area contributed by atoms with E-state index in [0.29, 0.717) is 5.11 Å². The van der Waals surface area contributed by atoms with Crippen LogP contribution in [0.25, 0.3) is 0 Å². The summed E-state index contributed by atoms with van der Waals surface area (Å²) in [6.07, 6.45) is 1.96. The maximum atomic E-state index is 5.36. The molecule has 5 nitrogen and oxygen atoms in total. The largest absolute Gasteiger partial charge is 0.370 e. The van der Waals surface area contributed by atoms with Gasteiger partial charge < -0.3 is 15.0 Å². The molecule has 1 heterocycles. The third-order valence-corrected chi connectivity index (χ3v) is 4.16. The van der Waals surface area contributed by atoms with Crippen LogP contribution in [0.5, 0.6) is 0 Å². The van der Waals surface area contributed by atoms with E-state index in [1.807, 2.05) is 18.2 Å². The molecule has 0 spiro atoms. The molecular formula is C17H27N4OS+. The summed E-state index contributed by atoms with van der Waals surface area (Å²) >= 11 is 5.28. The Bertz CT molecular complexity index is 501. The van der Waals surface area contributed by atoms with Gasteiger partial charge in [-0.05, 0) is 24.2 Å². The topological polar surface area (TPSA) is 50.1 Å². The van der Waals surface area contributed by atoms with Crippen molar-refractivity contribution in [1.82, 2.24) is 10.7 Å². The quantitative estimate of drug-likeness (QED) is 0.295. The molecule has 6 heteroatoms. The number of thiocarbonyl (C=S) groups is 1. The SMILES string of the molecule is CC/C(=N/NC(=S)NCCC[NH+]1CCOCC1)c1ccccc1. The summed E-state index contributed by atoms with van der Waals surface area (Å²) in [5, 5.41) is 8.23. The average Bonchev–Trinajstić information content (AvgIpc) is 2.61. The van der Waals surface area contributed by atoms with Crippen molar-refractivity contribution in [1.29, 1.82) is 0 Å². The first kappa shape index (κ1) is 17.8. The molecule has 0 amide bonds. The number of hydrogen-bond acceptors (Lipinski definition) is 3. The van der Waals surface area contributed by atoms with Crippen LogP contribution in [-0.2, 0) is 4.74 Å². The highest BCUT2D eigenvalue weighted by Crippen LogP contribution is 2.03. The predicted molar refractivity (Wildman–Crippen MR) is 98.0 cm³/mol. The second-order valence-electron chi connectivity index (χ2n) is 5.61. The zero-order chi connectivity index (χ0) is 16.3. The van der Waals surface area contributed by atoms with Gasteiger partial charge in [-0.1, -0.05) is 37.3 Å². The lowest BCUT2D eigenvalue weighted by Gasteiger charge is -2.23. The van der Waals surface area contributed by atoms with Gasteiger partial charge in [0.15, 0.2) is 5.11 Å². The van der Waals surface area contributed by atoms with Gasteiger partial charge in [-0.2, -0.15) is 5.10 Å². The molecule has 2 rings (SSSR count). The van der Waals surface area contributed by atoms with E-state index in [1.165, 1.54) is 0 Å². The summed E-state index contributed by atoms with van der Waals surface area (Å²) in [7, 11) is 0. The molecule has 1 saturated heterocycles. The second kappa shape index (κ2) is 10.3. The molecule has 126 valence electrons. The summed E-state index contributed by atoms with van der Waals surface area (Å²) in [5.74, 6) is 0. The Labute approximate surface area is 144 Å². The Hall–Kier alpha value is -1.50. The first-order valence-corrected chi connectivity index (χ1v) is 8.77. The van der Waals surface area contributed by atoms with Crippen molar-refractivity contribution in [2.24, 2.45) is 5.10 Å². The van der Waals surface area contributed by atoms with E-state index in [-0.39, 0.29) is 0 Å². The Morgan fingerprint density at radius 2 is 2.00 bits per heavy atom. The number of hydrazone groups is 1. The van der Waals surface area contributed by atoms with Crippen LogP contribution in [0.4, 0.5) is 0 Å². The van der Waals surface area contributed by atoms with Gasteiger partial charge in [0.1, 0.15) is 13.1 Å². The molecule has 1 aromatic rings. The van der Waals surface area contributed by atoms with Crippen molar-refractivity contribution in [3.63, 3.8) is 0 Å². The Balaban J connectivity index is 1.66. The predicted octanol–water partition coefficient (Wildman–Crippen LogP) is 0.570. The number of morpholine rings is 1. The molecular weight excluding hydrogens is 308 g/mol.